The van der Waals surface area contributed by atoms with Crippen LogP contribution in [0.25, 0.3) is 20.8 Å². The van der Waals surface area contributed by atoms with E-state index in [-0.39, 0.29) is 0 Å². The van der Waals surface area contributed by atoms with E-state index in [4.69, 9.17) is 10.7 Å². The van der Waals surface area contributed by atoms with Crippen molar-refractivity contribution in [2.75, 3.05) is 5.73 Å². The normalized spacial score (nSPS) is 11.2. The Kier molecular flexibility index (Phi) is 3.78. The van der Waals surface area contributed by atoms with Crippen LogP contribution in [0, 0.1) is 0 Å². The molecular weight excluding hydrogens is 316 g/mol. The first-order chi connectivity index (χ1) is 11.7. The van der Waals surface area contributed by atoms with Crippen LogP contribution in [0.3, 0.4) is 0 Å². The third-order valence-electron chi connectivity index (χ3n) is 4.17. The molecule has 24 heavy (non-hydrogen) atoms. The molecule has 2 N–H and O–H groups in total. The Bertz CT molecular complexity index is 952. The fraction of sp³-hybridized carbons (Fsp3) is 0.158. The lowest BCUT2D eigenvalue weighted by molar-refractivity contribution is 0.745. The Hall–Kier alpha value is -2.66. The highest BCUT2D eigenvalue weighted by Gasteiger charge is 2.19. The summed E-state index contributed by atoms with van der Waals surface area (Å²) < 4.78 is 2.92. The number of aromatic nitrogens is 3. The zero-order valence-corrected chi connectivity index (χ0v) is 14.3. The molecule has 0 unspecified atom stereocenters. The highest BCUT2D eigenvalue weighted by atomic mass is 32.1. The monoisotopic (exact) mass is 334 g/mol. The molecule has 5 heteroatoms. The summed E-state index contributed by atoms with van der Waals surface area (Å²) in [5.74, 6) is 0.678. The molecular formula is C19H18N4S. The van der Waals surface area contributed by atoms with Crippen LogP contribution in [0.4, 0.5) is 5.82 Å². The lowest BCUT2D eigenvalue weighted by Crippen LogP contribution is -1.98. The van der Waals surface area contributed by atoms with Crippen LogP contribution in [0.2, 0.25) is 0 Å². The molecule has 0 aliphatic heterocycles. The maximum atomic E-state index is 6.29. The molecule has 2 aromatic heterocycles. The molecule has 0 aliphatic rings. The number of nitrogen functional groups attached to an aromatic ring is 1. The minimum Gasteiger partial charge on any atom is -0.383 e. The quantitative estimate of drug-likeness (QED) is 0.612. The number of aryl methyl sites for hydroxylation is 3. The Morgan fingerprint density at radius 3 is 2.54 bits per heavy atom. The highest BCUT2D eigenvalue weighted by Crippen LogP contribution is 2.35. The summed E-state index contributed by atoms with van der Waals surface area (Å²) in [5, 5.41) is 5.58. The molecule has 0 fully saturated rings. The van der Waals surface area contributed by atoms with E-state index < -0.39 is 0 Å². The molecule has 0 atom stereocenters. The minimum atomic E-state index is 0.678. The minimum absolute atomic E-state index is 0.678. The number of benzene rings is 2. The second kappa shape index (κ2) is 6.09. The zero-order valence-electron chi connectivity index (χ0n) is 13.4. The SMILES string of the molecule is Cn1nc(CCc2ccccc2)c(-c2nc3ccccc3s2)c1N. The molecule has 0 bridgehead atoms. The maximum Gasteiger partial charge on any atom is 0.131 e. The molecule has 0 amide bonds. The molecule has 0 aliphatic carbocycles. The van der Waals surface area contributed by atoms with Gasteiger partial charge in [0.1, 0.15) is 10.8 Å². The Balaban J connectivity index is 1.72. The second-order valence-corrected chi connectivity index (χ2v) is 6.83. The van der Waals surface area contributed by atoms with Crippen LogP contribution >= 0.6 is 11.3 Å². The smallest absolute Gasteiger partial charge is 0.131 e. The van der Waals surface area contributed by atoms with E-state index in [0.717, 1.165) is 34.6 Å². The molecule has 120 valence electrons. The van der Waals surface area contributed by atoms with E-state index in [1.807, 2.05) is 31.3 Å². The number of fused-ring (bicyclic) bond motifs is 1. The van der Waals surface area contributed by atoms with Crippen molar-refractivity contribution in [1.29, 1.82) is 0 Å². The van der Waals surface area contributed by atoms with Gasteiger partial charge in [-0.2, -0.15) is 5.10 Å². The van der Waals surface area contributed by atoms with Crippen LogP contribution in [0.5, 0.6) is 0 Å². The number of nitrogens with zero attached hydrogens (tertiary/aromatic N) is 3. The van der Waals surface area contributed by atoms with Crippen LogP contribution in [-0.2, 0) is 19.9 Å². The number of para-hydroxylation sites is 1. The summed E-state index contributed by atoms with van der Waals surface area (Å²) in [4.78, 5) is 4.76. The van der Waals surface area contributed by atoms with Gasteiger partial charge in [0.15, 0.2) is 0 Å². The summed E-state index contributed by atoms with van der Waals surface area (Å²) in [6.07, 6.45) is 1.79. The van der Waals surface area contributed by atoms with Crippen molar-refractivity contribution in [1.82, 2.24) is 14.8 Å². The van der Waals surface area contributed by atoms with Crippen LogP contribution in [0.1, 0.15) is 11.3 Å². The summed E-state index contributed by atoms with van der Waals surface area (Å²) in [7, 11) is 1.89. The predicted octanol–water partition coefficient (Wildman–Crippen LogP) is 4.06. The molecule has 2 aromatic carbocycles. The van der Waals surface area contributed by atoms with Crippen LogP contribution < -0.4 is 5.73 Å². The second-order valence-electron chi connectivity index (χ2n) is 5.80. The van der Waals surface area contributed by atoms with Gasteiger partial charge in [-0.1, -0.05) is 42.5 Å². The standard InChI is InChI=1S/C19H18N4S/c1-23-18(20)17(19-21-14-9-5-6-10-16(14)24-19)15(22-23)12-11-13-7-3-2-4-8-13/h2-10H,11-12,20H2,1H3. The number of nitrogens with two attached hydrogens (primary N) is 1. The van der Waals surface area contributed by atoms with Gasteiger partial charge in [0.25, 0.3) is 0 Å². The van der Waals surface area contributed by atoms with Gasteiger partial charge in [0.2, 0.25) is 0 Å². The van der Waals surface area contributed by atoms with E-state index in [2.05, 4.69) is 35.4 Å². The molecule has 0 spiro atoms. The number of rotatable bonds is 4. The fourth-order valence-corrected chi connectivity index (χ4v) is 3.93. The topological polar surface area (TPSA) is 56.7 Å². The summed E-state index contributed by atoms with van der Waals surface area (Å²) in [6, 6.07) is 18.6. The average molecular weight is 334 g/mol. The first-order valence-corrected chi connectivity index (χ1v) is 8.75. The Morgan fingerprint density at radius 1 is 1.00 bits per heavy atom. The summed E-state index contributed by atoms with van der Waals surface area (Å²) in [6.45, 7) is 0. The van der Waals surface area contributed by atoms with Crippen molar-refractivity contribution in [3.63, 3.8) is 0 Å². The van der Waals surface area contributed by atoms with E-state index >= 15 is 0 Å². The van der Waals surface area contributed by atoms with E-state index in [9.17, 15) is 0 Å². The van der Waals surface area contributed by atoms with Crippen molar-refractivity contribution >= 4 is 27.4 Å². The first-order valence-electron chi connectivity index (χ1n) is 7.93. The van der Waals surface area contributed by atoms with Crippen molar-refractivity contribution in [3.05, 3.63) is 65.9 Å². The lowest BCUT2D eigenvalue weighted by atomic mass is 10.1. The number of hydrogen-bond acceptors (Lipinski definition) is 4. The highest BCUT2D eigenvalue weighted by molar-refractivity contribution is 7.21. The average Bonchev–Trinajstić information content (AvgIpc) is 3.15. The largest absolute Gasteiger partial charge is 0.383 e. The molecule has 0 saturated heterocycles. The van der Waals surface area contributed by atoms with Gasteiger partial charge in [-0.05, 0) is 30.5 Å². The molecule has 0 radical (unpaired) electrons. The number of thiazole rings is 1. The Labute approximate surface area is 144 Å². The van der Waals surface area contributed by atoms with Crippen LogP contribution in [0.15, 0.2) is 54.6 Å². The van der Waals surface area contributed by atoms with Crippen LogP contribution in [-0.4, -0.2) is 14.8 Å². The van der Waals surface area contributed by atoms with E-state index in [0.29, 0.717) is 5.82 Å². The summed E-state index contributed by atoms with van der Waals surface area (Å²) in [5.41, 5.74) is 10.6. The van der Waals surface area contributed by atoms with Crippen molar-refractivity contribution in [2.24, 2.45) is 7.05 Å². The predicted molar refractivity (Wildman–Crippen MR) is 100 cm³/mol. The van der Waals surface area contributed by atoms with Gasteiger partial charge in [-0.15, -0.1) is 11.3 Å². The van der Waals surface area contributed by atoms with Crippen molar-refractivity contribution < 1.29 is 0 Å². The van der Waals surface area contributed by atoms with E-state index in [1.165, 1.54) is 10.3 Å². The lowest BCUT2D eigenvalue weighted by Gasteiger charge is -2.01. The molecule has 4 nitrogen and oxygen atoms in total. The first kappa shape index (κ1) is 14.9. The van der Waals surface area contributed by atoms with Gasteiger partial charge in [-0.25, -0.2) is 4.98 Å². The van der Waals surface area contributed by atoms with Crippen molar-refractivity contribution in [3.8, 4) is 10.6 Å². The number of hydrogen-bond donors (Lipinski definition) is 1. The maximum absolute atomic E-state index is 6.29. The third-order valence-corrected chi connectivity index (χ3v) is 5.22. The van der Waals surface area contributed by atoms with Gasteiger partial charge in [-0.3, -0.25) is 4.68 Å². The molecule has 0 saturated carbocycles. The summed E-state index contributed by atoms with van der Waals surface area (Å²) >= 11 is 1.67. The molecule has 4 rings (SSSR count). The van der Waals surface area contributed by atoms with Gasteiger partial charge in [0, 0.05) is 7.05 Å². The van der Waals surface area contributed by atoms with Gasteiger partial charge >= 0.3 is 0 Å². The van der Waals surface area contributed by atoms with Crippen molar-refractivity contribution in [2.45, 2.75) is 12.8 Å². The number of anilines is 1. The molecule has 2 heterocycles. The molecule has 4 aromatic rings. The zero-order chi connectivity index (χ0) is 16.5. The third kappa shape index (κ3) is 2.67. The van der Waals surface area contributed by atoms with E-state index in [1.54, 1.807) is 16.0 Å². The van der Waals surface area contributed by atoms with Gasteiger partial charge in [0.05, 0.1) is 21.5 Å². The van der Waals surface area contributed by atoms with Gasteiger partial charge < -0.3 is 5.73 Å². The Morgan fingerprint density at radius 2 is 1.75 bits per heavy atom. The fourth-order valence-electron chi connectivity index (χ4n) is 2.89.